The van der Waals surface area contributed by atoms with Crippen molar-refractivity contribution in [2.45, 2.75) is 6.42 Å². The number of ether oxygens (including phenoxy) is 2. The van der Waals surface area contributed by atoms with E-state index in [9.17, 15) is 4.79 Å². The second-order valence-corrected chi connectivity index (χ2v) is 8.15. The molecule has 0 saturated carbocycles. The molecule has 0 atom stereocenters. The van der Waals surface area contributed by atoms with E-state index in [1.54, 1.807) is 13.2 Å². The van der Waals surface area contributed by atoms with Crippen molar-refractivity contribution in [1.29, 1.82) is 0 Å². The first kappa shape index (κ1) is 20.7. The third-order valence-electron chi connectivity index (χ3n) is 4.81. The fourth-order valence-corrected chi connectivity index (χ4v) is 4.30. The second-order valence-electron chi connectivity index (χ2n) is 6.86. The standard InChI is InChI=1S/C22H22ClN3O3S/c1-28-18-5-2-15(3-6-18)22-24-17(14-30-22)13-21(27)25-19-12-16(23)4-7-20(19)26-8-10-29-11-9-26/h2-7,12,14H,8-11,13H2,1H3,(H,25,27). The lowest BCUT2D eigenvalue weighted by atomic mass is 10.2. The van der Waals surface area contributed by atoms with Crippen LogP contribution >= 0.6 is 22.9 Å². The number of amides is 1. The molecule has 3 aromatic rings. The van der Waals surface area contributed by atoms with Crippen molar-refractivity contribution in [3.05, 3.63) is 58.6 Å². The lowest BCUT2D eigenvalue weighted by Gasteiger charge is -2.30. The number of aromatic nitrogens is 1. The van der Waals surface area contributed by atoms with Gasteiger partial charge in [-0.2, -0.15) is 0 Å². The molecule has 1 fully saturated rings. The monoisotopic (exact) mass is 443 g/mol. The number of carbonyl (C=O) groups is 1. The van der Waals surface area contributed by atoms with Crippen LogP contribution in [-0.2, 0) is 16.0 Å². The molecule has 30 heavy (non-hydrogen) atoms. The third-order valence-corrected chi connectivity index (χ3v) is 5.99. The number of hydrogen-bond acceptors (Lipinski definition) is 6. The molecule has 0 bridgehead atoms. The minimum absolute atomic E-state index is 0.127. The number of nitrogens with one attached hydrogen (secondary N) is 1. The average Bonchev–Trinajstić information content (AvgIpc) is 3.23. The highest BCUT2D eigenvalue weighted by Gasteiger charge is 2.17. The van der Waals surface area contributed by atoms with E-state index in [0.717, 1.165) is 40.8 Å². The van der Waals surface area contributed by atoms with Gasteiger partial charge in [0.15, 0.2) is 0 Å². The van der Waals surface area contributed by atoms with E-state index >= 15 is 0 Å². The average molecular weight is 444 g/mol. The molecule has 6 nitrogen and oxygen atoms in total. The Labute approximate surface area is 184 Å². The van der Waals surface area contributed by atoms with Gasteiger partial charge in [0.25, 0.3) is 0 Å². The number of benzene rings is 2. The zero-order valence-electron chi connectivity index (χ0n) is 16.6. The van der Waals surface area contributed by atoms with Crippen molar-refractivity contribution in [3.63, 3.8) is 0 Å². The van der Waals surface area contributed by atoms with Gasteiger partial charge in [0.1, 0.15) is 10.8 Å². The number of methoxy groups -OCH3 is 1. The summed E-state index contributed by atoms with van der Waals surface area (Å²) < 4.78 is 10.6. The highest BCUT2D eigenvalue weighted by Crippen LogP contribution is 2.30. The molecule has 2 heterocycles. The van der Waals surface area contributed by atoms with Gasteiger partial charge in [0.05, 0.1) is 43.8 Å². The van der Waals surface area contributed by atoms with Crippen LogP contribution < -0.4 is 15.0 Å². The topological polar surface area (TPSA) is 63.7 Å². The molecule has 2 aromatic carbocycles. The lowest BCUT2D eigenvalue weighted by Crippen LogP contribution is -2.36. The van der Waals surface area contributed by atoms with Gasteiger partial charge in [0, 0.05) is 29.1 Å². The molecule has 156 valence electrons. The van der Waals surface area contributed by atoms with Gasteiger partial charge in [0.2, 0.25) is 5.91 Å². The normalized spacial score (nSPS) is 13.9. The van der Waals surface area contributed by atoms with Crippen LogP contribution in [-0.4, -0.2) is 44.3 Å². The molecular weight excluding hydrogens is 422 g/mol. The summed E-state index contributed by atoms with van der Waals surface area (Å²) in [5.74, 6) is 0.672. The minimum atomic E-state index is -0.127. The number of halogens is 1. The number of thiazole rings is 1. The van der Waals surface area contributed by atoms with Gasteiger partial charge in [-0.15, -0.1) is 11.3 Å². The van der Waals surface area contributed by atoms with E-state index in [0.29, 0.717) is 23.9 Å². The van der Waals surface area contributed by atoms with Crippen LogP contribution in [0, 0.1) is 0 Å². The van der Waals surface area contributed by atoms with E-state index in [1.165, 1.54) is 11.3 Å². The highest BCUT2D eigenvalue weighted by molar-refractivity contribution is 7.13. The summed E-state index contributed by atoms with van der Waals surface area (Å²) in [6, 6.07) is 13.3. The Morgan fingerprint density at radius 2 is 2.00 bits per heavy atom. The molecule has 0 unspecified atom stereocenters. The lowest BCUT2D eigenvalue weighted by molar-refractivity contribution is -0.115. The van der Waals surface area contributed by atoms with Gasteiger partial charge in [-0.3, -0.25) is 4.79 Å². The van der Waals surface area contributed by atoms with Crippen molar-refractivity contribution < 1.29 is 14.3 Å². The number of carbonyl (C=O) groups excluding carboxylic acids is 1. The zero-order valence-corrected chi connectivity index (χ0v) is 18.1. The maximum absolute atomic E-state index is 12.7. The Hall–Kier alpha value is -2.61. The number of rotatable bonds is 6. The molecule has 4 rings (SSSR count). The predicted molar refractivity (Wildman–Crippen MR) is 121 cm³/mol. The van der Waals surface area contributed by atoms with Crippen molar-refractivity contribution >= 4 is 40.2 Å². The number of nitrogens with zero attached hydrogens (tertiary/aromatic N) is 2. The number of hydrogen-bond donors (Lipinski definition) is 1. The van der Waals surface area contributed by atoms with Gasteiger partial charge < -0.3 is 19.7 Å². The Balaban J connectivity index is 1.45. The summed E-state index contributed by atoms with van der Waals surface area (Å²) in [7, 11) is 1.64. The van der Waals surface area contributed by atoms with E-state index < -0.39 is 0 Å². The molecule has 1 N–H and O–H groups in total. The third kappa shape index (κ3) is 4.92. The fraction of sp³-hybridized carbons (Fsp3) is 0.273. The van der Waals surface area contributed by atoms with Crippen molar-refractivity contribution in [3.8, 4) is 16.3 Å². The van der Waals surface area contributed by atoms with E-state index in [4.69, 9.17) is 21.1 Å². The van der Waals surface area contributed by atoms with Gasteiger partial charge in [-0.1, -0.05) is 11.6 Å². The first-order valence-corrected chi connectivity index (χ1v) is 10.9. The molecule has 1 saturated heterocycles. The molecule has 1 aromatic heterocycles. The zero-order chi connectivity index (χ0) is 20.9. The molecule has 1 amide bonds. The maximum atomic E-state index is 12.7. The summed E-state index contributed by atoms with van der Waals surface area (Å²) in [5.41, 5.74) is 3.39. The molecule has 8 heteroatoms. The van der Waals surface area contributed by atoms with Crippen molar-refractivity contribution in [2.75, 3.05) is 43.6 Å². The van der Waals surface area contributed by atoms with Gasteiger partial charge in [-0.05, 0) is 42.5 Å². The van der Waals surface area contributed by atoms with Crippen LogP contribution in [0.1, 0.15) is 5.69 Å². The predicted octanol–water partition coefficient (Wildman–Crippen LogP) is 4.49. The SMILES string of the molecule is COc1ccc(-c2nc(CC(=O)Nc3cc(Cl)ccc3N3CCOCC3)cs2)cc1. The van der Waals surface area contributed by atoms with E-state index in [1.807, 2.05) is 41.8 Å². The van der Waals surface area contributed by atoms with Crippen molar-refractivity contribution in [1.82, 2.24) is 4.98 Å². The molecule has 0 aliphatic carbocycles. The first-order valence-electron chi connectivity index (χ1n) is 9.63. The first-order chi connectivity index (χ1) is 14.6. The van der Waals surface area contributed by atoms with Crippen LogP contribution in [0.25, 0.3) is 10.6 Å². The van der Waals surface area contributed by atoms with Crippen LogP contribution in [0.4, 0.5) is 11.4 Å². The molecule has 1 aliphatic heterocycles. The van der Waals surface area contributed by atoms with Crippen molar-refractivity contribution in [2.24, 2.45) is 0 Å². The smallest absolute Gasteiger partial charge is 0.230 e. The summed E-state index contributed by atoms with van der Waals surface area (Å²) in [6.45, 7) is 2.90. The Bertz CT molecular complexity index is 1020. The van der Waals surface area contributed by atoms with Crippen LogP contribution in [0.3, 0.4) is 0 Å². The van der Waals surface area contributed by atoms with E-state index in [-0.39, 0.29) is 12.3 Å². The van der Waals surface area contributed by atoms with E-state index in [2.05, 4.69) is 15.2 Å². The molecule has 0 spiro atoms. The second kappa shape index (κ2) is 9.47. The Kier molecular flexibility index (Phi) is 6.52. The summed E-state index contributed by atoms with van der Waals surface area (Å²) in [5, 5.41) is 6.37. The van der Waals surface area contributed by atoms with Crippen LogP contribution in [0.2, 0.25) is 5.02 Å². The van der Waals surface area contributed by atoms with Crippen LogP contribution in [0.15, 0.2) is 47.8 Å². The van der Waals surface area contributed by atoms with Gasteiger partial charge in [-0.25, -0.2) is 4.98 Å². The Morgan fingerprint density at radius 1 is 1.23 bits per heavy atom. The minimum Gasteiger partial charge on any atom is -0.497 e. The van der Waals surface area contributed by atoms with Crippen LogP contribution in [0.5, 0.6) is 5.75 Å². The highest BCUT2D eigenvalue weighted by atomic mass is 35.5. The molecular formula is C22H22ClN3O3S. The fourth-order valence-electron chi connectivity index (χ4n) is 3.30. The summed E-state index contributed by atoms with van der Waals surface area (Å²) >= 11 is 7.70. The Morgan fingerprint density at radius 3 is 2.73 bits per heavy atom. The molecule has 0 radical (unpaired) electrons. The largest absolute Gasteiger partial charge is 0.497 e. The quantitative estimate of drug-likeness (QED) is 0.608. The number of anilines is 2. The van der Waals surface area contributed by atoms with Gasteiger partial charge >= 0.3 is 0 Å². The summed E-state index contributed by atoms with van der Waals surface area (Å²) in [4.78, 5) is 19.5. The summed E-state index contributed by atoms with van der Waals surface area (Å²) in [6.07, 6.45) is 0.196. The number of morpholine rings is 1. The maximum Gasteiger partial charge on any atom is 0.230 e. The molecule has 1 aliphatic rings.